The van der Waals surface area contributed by atoms with Gasteiger partial charge in [-0.2, -0.15) is 0 Å². The third-order valence-electron chi connectivity index (χ3n) is 4.24. The number of aromatic nitrogens is 1. The highest BCUT2D eigenvalue weighted by Gasteiger charge is 2.21. The van der Waals surface area contributed by atoms with Gasteiger partial charge in [-0.3, -0.25) is 9.78 Å². The number of amides is 1. The van der Waals surface area contributed by atoms with E-state index < -0.39 is 0 Å². The van der Waals surface area contributed by atoms with Crippen molar-refractivity contribution in [2.75, 3.05) is 38.0 Å². The zero-order chi connectivity index (χ0) is 16.9. The lowest BCUT2D eigenvalue weighted by Gasteiger charge is -2.34. The second-order valence-corrected chi connectivity index (χ2v) is 5.79. The molecule has 1 aromatic heterocycles. The van der Waals surface area contributed by atoms with Crippen LogP contribution < -0.4 is 5.32 Å². The van der Waals surface area contributed by atoms with E-state index in [-0.39, 0.29) is 11.7 Å². The van der Waals surface area contributed by atoms with Gasteiger partial charge in [0.05, 0.1) is 23.1 Å². The minimum atomic E-state index is -0.343. The maximum atomic E-state index is 13.7. The monoisotopic (exact) mass is 328 g/mol. The maximum absolute atomic E-state index is 13.7. The molecule has 5 nitrogen and oxygen atoms in total. The molecule has 2 heterocycles. The van der Waals surface area contributed by atoms with Crippen molar-refractivity contribution in [3.8, 4) is 0 Å². The first-order chi connectivity index (χ1) is 11.7. The molecule has 1 fully saturated rings. The van der Waals surface area contributed by atoms with E-state index in [2.05, 4.69) is 22.1 Å². The van der Waals surface area contributed by atoms with Crippen molar-refractivity contribution in [3.05, 3.63) is 54.1 Å². The van der Waals surface area contributed by atoms with Crippen molar-refractivity contribution < 1.29 is 9.18 Å². The fourth-order valence-electron chi connectivity index (χ4n) is 2.79. The Bertz CT molecular complexity index is 714. The summed E-state index contributed by atoms with van der Waals surface area (Å²) < 4.78 is 13.7. The number of carbonyl (C=O) groups excluding carboxylic acids is 1. The van der Waals surface area contributed by atoms with Gasteiger partial charge in [0.15, 0.2) is 0 Å². The van der Waals surface area contributed by atoms with Crippen LogP contribution in [0, 0.1) is 5.82 Å². The molecule has 1 amide bonds. The Labute approximate surface area is 141 Å². The average Bonchev–Trinajstić information content (AvgIpc) is 2.63. The number of carbonyl (C=O) groups is 1. The summed E-state index contributed by atoms with van der Waals surface area (Å²) in [6.07, 6.45) is 3.14. The zero-order valence-electron chi connectivity index (χ0n) is 13.7. The van der Waals surface area contributed by atoms with Gasteiger partial charge in [0.2, 0.25) is 0 Å². The lowest BCUT2D eigenvalue weighted by atomic mass is 10.2. The number of rotatable bonds is 4. The molecular weight excluding hydrogens is 307 g/mol. The maximum Gasteiger partial charge on any atom is 0.255 e. The van der Waals surface area contributed by atoms with E-state index in [0.29, 0.717) is 16.9 Å². The van der Waals surface area contributed by atoms with Crippen LogP contribution in [-0.2, 0) is 0 Å². The molecule has 0 atom stereocenters. The smallest absolute Gasteiger partial charge is 0.255 e. The van der Waals surface area contributed by atoms with Gasteiger partial charge >= 0.3 is 0 Å². The average molecular weight is 328 g/mol. The summed E-state index contributed by atoms with van der Waals surface area (Å²) in [4.78, 5) is 20.9. The SMILES string of the molecule is CCN1CCN(C(=O)c2cncc(Nc3ccccc3F)c2)CC1. The third-order valence-corrected chi connectivity index (χ3v) is 4.24. The van der Waals surface area contributed by atoms with Gasteiger partial charge in [-0.15, -0.1) is 0 Å². The first kappa shape index (κ1) is 16.4. The highest BCUT2D eigenvalue weighted by molar-refractivity contribution is 5.95. The molecular formula is C18H21FN4O. The molecule has 0 aliphatic carbocycles. The van der Waals surface area contributed by atoms with Gasteiger partial charge in [-0.25, -0.2) is 4.39 Å². The summed E-state index contributed by atoms with van der Waals surface area (Å²) in [5.41, 5.74) is 1.47. The molecule has 2 aromatic rings. The van der Waals surface area contributed by atoms with Crippen LogP contribution in [0.2, 0.25) is 0 Å². The second kappa shape index (κ2) is 7.40. The van der Waals surface area contributed by atoms with Crippen molar-refractivity contribution in [3.63, 3.8) is 0 Å². The molecule has 1 aliphatic heterocycles. The van der Waals surface area contributed by atoms with Gasteiger partial charge in [-0.1, -0.05) is 19.1 Å². The van der Waals surface area contributed by atoms with Crippen LogP contribution in [0.15, 0.2) is 42.7 Å². The summed E-state index contributed by atoms with van der Waals surface area (Å²) in [5, 5.41) is 2.97. The normalized spacial score (nSPS) is 15.3. The Morgan fingerprint density at radius 2 is 1.96 bits per heavy atom. The van der Waals surface area contributed by atoms with E-state index in [0.717, 1.165) is 32.7 Å². The van der Waals surface area contributed by atoms with Crippen molar-refractivity contribution in [2.45, 2.75) is 6.92 Å². The minimum Gasteiger partial charge on any atom is -0.352 e. The van der Waals surface area contributed by atoms with Crippen LogP contribution in [0.1, 0.15) is 17.3 Å². The van der Waals surface area contributed by atoms with Crippen LogP contribution in [0.5, 0.6) is 0 Å². The molecule has 1 aliphatic rings. The summed E-state index contributed by atoms with van der Waals surface area (Å²) in [6.45, 7) is 6.35. The lowest BCUT2D eigenvalue weighted by molar-refractivity contribution is 0.0643. The van der Waals surface area contributed by atoms with Crippen LogP contribution in [-0.4, -0.2) is 53.4 Å². The van der Waals surface area contributed by atoms with Crippen molar-refractivity contribution >= 4 is 17.3 Å². The molecule has 6 heteroatoms. The van der Waals surface area contributed by atoms with Gasteiger partial charge in [0.1, 0.15) is 5.82 Å². The van der Waals surface area contributed by atoms with Crippen LogP contribution in [0.25, 0.3) is 0 Å². The molecule has 0 bridgehead atoms. The number of pyridine rings is 1. The van der Waals surface area contributed by atoms with Crippen molar-refractivity contribution in [2.24, 2.45) is 0 Å². The van der Waals surface area contributed by atoms with Crippen LogP contribution >= 0.6 is 0 Å². The van der Waals surface area contributed by atoms with Gasteiger partial charge in [-0.05, 0) is 24.7 Å². The molecule has 24 heavy (non-hydrogen) atoms. The lowest BCUT2D eigenvalue weighted by Crippen LogP contribution is -2.48. The molecule has 126 valence electrons. The Hall–Kier alpha value is -2.47. The first-order valence-electron chi connectivity index (χ1n) is 8.15. The van der Waals surface area contributed by atoms with Crippen LogP contribution in [0.4, 0.5) is 15.8 Å². The fraction of sp³-hybridized carbons (Fsp3) is 0.333. The topological polar surface area (TPSA) is 48.5 Å². The number of nitrogens with zero attached hydrogens (tertiary/aromatic N) is 3. The standard InChI is InChI=1S/C18H21FN4O/c1-2-22-7-9-23(10-8-22)18(24)14-11-15(13-20-12-14)21-17-6-4-3-5-16(17)19/h3-6,11-13,21H,2,7-10H2,1H3. The molecule has 0 radical (unpaired) electrons. The summed E-state index contributed by atoms with van der Waals surface area (Å²) >= 11 is 0. The van der Waals surface area contributed by atoms with E-state index in [4.69, 9.17) is 0 Å². The van der Waals surface area contributed by atoms with E-state index in [9.17, 15) is 9.18 Å². The molecule has 1 aromatic carbocycles. The van der Waals surface area contributed by atoms with E-state index in [1.807, 2.05) is 4.90 Å². The highest BCUT2D eigenvalue weighted by atomic mass is 19.1. The third kappa shape index (κ3) is 3.71. The summed E-state index contributed by atoms with van der Waals surface area (Å²) in [5.74, 6) is -0.375. The molecule has 3 rings (SSSR count). The van der Waals surface area contributed by atoms with E-state index >= 15 is 0 Å². The number of halogens is 1. The number of anilines is 2. The molecule has 1 N–H and O–H groups in total. The fourth-order valence-corrected chi connectivity index (χ4v) is 2.79. The Kier molecular flexibility index (Phi) is 5.05. The number of nitrogens with one attached hydrogen (secondary N) is 1. The molecule has 0 unspecified atom stereocenters. The quantitative estimate of drug-likeness (QED) is 0.937. The molecule has 1 saturated heterocycles. The summed E-state index contributed by atoms with van der Waals surface area (Å²) in [7, 11) is 0. The zero-order valence-corrected chi connectivity index (χ0v) is 13.7. The number of benzene rings is 1. The Balaban J connectivity index is 1.71. The highest BCUT2D eigenvalue weighted by Crippen LogP contribution is 2.20. The van der Waals surface area contributed by atoms with Gasteiger partial charge in [0, 0.05) is 32.4 Å². The number of para-hydroxylation sites is 1. The minimum absolute atomic E-state index is 0.0320. The number of piperazine rings is 1. The number of likely N-dealkylation sites (N-methyl/N-ethyl adjacent to an activating group) is 1. The first-order valence-corrected chi connectivity index (χ1v) is 8.15. The van der Waals surface area contributed by atoms with Gasteiger partial charge < -0.3 is 15.1 Å². The van der Waals surface area contributed by atoms with Crippen molar-refractivity contribution in [1.82, 2.24) is 14.8 Å². The van der Waals surface area contributed by atoms with E-state index in [1.165, 1.54) is 6.07 Å². The number of hydrogen-bond acceptors (Lipinski definition) is 4. The Morgan fingerprint density at radius 3 is 2.67 bits per heavy atom. The van der Waals surface area contributed by atoms with Crippen molar-refractivity contribution in [1.29, 1.82) is 0 Å². The van der Waals surface area contributed by atoms with E-state index in [1.54, 1.807) is 36.7 Å². The second-order valence-electron chi connectivity index (χ2n) is 5.79. The summed E-state index contributed by atoms with van der Waals surface area (Å²) in [6, 6.07) is 8.13. The predicted octanol–water partition coefficient (Wildman–Crippen LogP) is 2.74. The molecule has 0 saturated carbocycles. The predicted molar refractivity (Wildman–Crippen MR) is 91.9 cm³/mol. The van der Waals surface area contributed by atoms with Crippen LogP contribution in [0.3, 0.4) is 0 Å². The van der Waals surface area contributed by atoms with Gasteiger partial charge in [0.25, 0.3) is 5.91 Å². The largest absolute Gasteiger partial charge is 0.352 e. The molecule has 0 spiro atoms. The number of hydrogen-bond donors (Lipinski definition) is 1. The Morgan fingerprint density at radius 1 is 1.21 bits per heavy atom.